The van der Waals surface area contributed by atoms with Gasteiger partial charge in [0.2, 0.25) is 15.9 Å². The van der Waals surface area contributed by atoms with Crippen molar-refractivity contribution in [1.82, 2.24) is 4.31 Å². The second-order valence-electron chi connectivity index (χ2n) is 5.94. The molecule has 0 bridgehead atoms. The molecule has 0 unspecified atom stereocenters. The third-order valence-corrected chi connectivity index (χ3v) is 5.06. The number of carbonyl (C=O) groups excluding carboxylic acids is 1. The van der Waals surface area contributed by atoms with E-state index in [1.54, 1.807) is 18.2 Å². The van der Waals surface area contributed by atoms with Crippen LogP contribution in [0.1, 0.15) is 22.6 Å². The molecular weight excluding hydrogens is 340 g/mol. The molecule has 1 heterocycles. The van der Waals surface area contributed by atoms with E-state index in [0.717, 1.165) is 23.1 Å². The number of hydrogen-bond acceptors (Lipinski definition) is 4. The molecule has 0 aliphatic rings. The minimum atomic E-state index is -3.27. The molecule has 134 valence electrons. The van der Waals surface area contributed by atoms with E-state index in [9.17, 15) is 13.2 Å². The standard InChI is InChI=1S/C18H22N2O4S/c1-13-5-6-15(11-14(13)2)19-18(21)10-9-16-7-8-17(24-16)12-20(3)25(4,22)23/h5-11H,12H2,1-4H3,(H,19,21)/b10-9+. The largest absolute Gasteiger partial charge is 0.460 e. The smallest absolute Gasteiger partial charge is 0.248 e. The van der Waals surface area contributed by atoms with E-state index in [-0.39, 0.29) is 12.5 Å². The number of hydrogen-bond donors (Lipinski definition) is 1. The fourth-order valence-corrected chi connectivity index (χ4v) is 2.43. The van der Waals surface area contributed by atoms with E-state index in [4.69, 9.17) is 4.42 Å². The molecular formula is C18H22N2O4S. The van der Waals surface area contributed by atoms with Gasteiger partial charge < -0.3 is 9.73 Å². The molecule has 25 heavy (non-hydrogen) atoms. The Bertz CT molecular complexity index is 898. The Balaban J connectivity index is 1.97. The molecule has 0 radical (unpaired) electrons. The summed E-state index contributed by atoms with van der Waals surface area (Å²) in [4.78, 5) is 12.0. The van der Waals surface area contributed by atoms with Crippen LogP contribution in [0.15, 0.2) is 40.8 Å². The number of nitrogens with zero attached hydrogens (tertiary/aromatic N) is 1. The van der Waals surface area contributed by atoms with Gasteiger partial charge in [0.05, 0.1) is 12.8 Å². The van der Waals surface area contributed by atoms with Gasteiger partial charge in [0.25, 0.3) is 0 Å². The molecule has 0 fully saturated rings. The molecule has 1 amide bonds. The normalized spacial score (nSPS) is 12.0. The van der Waals surface area contributed by atoms with E-state index in [0.29, 0.717) is 11.5 Å². The van der Waals surface area contributed by atoms with Crippen LogP contribution in [0.5, 0.6) is 0 Å². The zero-order valence-electron chi connectivity index (χ0n) is 14.7. The predicted molar refractivity (Wildman–Crippen MR) is 98.6 cm³/mol. The highest BCUT2D eigenvalue weighted by molar-refractivity contribution is 7.88. The van der Waals surface area contributed by atoms with E-state index < -0.39 is 10.0 Å². The Kier molecular flexibility index (Phi) is 5.81. The van der Waals surface area contributed by atoms with E-state index in [1.165, 1.54) is 17.4 Å². The Hall–Kier alpha value is -2.38. The topological polar surface area (TPSA) is 79.6 Å². The summed E-state index contributed by atoms with van der Waals surface area (Å²) in [5, 5.41) is 2.78. The maximum atomic E-state index is 12.0. The zero-order valence-corrected chi connectivity index (χ0v) is 15.6. The fraction of sp³-hybridized carbons (Fsp3) is 0.278. The molecule has 0 spiro atoms. The molecule has 0 saturated carbocycles. The monoisotopic (exact) mass is 362 g/mol. The molecule has 1 N–H and O–H groups in total. The van der Waals surface area contributed by atoms with Crippen LogP contribution in [0.2, 0.25) is 0 Å². The van der Waals surface area contributed by atoms with Gasteiger partial charge in [0.1, 0.15) is 11.5 Å². The number of sulfonamides is 1. The van der Waals surface area contributed by atoms with Crippen molar-refractivity contribution in [2.24, 2.45) is 0 Å². The molecule has 6 nitrogen and oxygen atoms in total. The highest BCUT2D eigenvalue weighted by Crippen LogP contribution is 2.15. The Morgan fingerprint density at radius 1 is 1.20 bits per heavy atom. The summed E-state index contributed by atoms with van der Waals surface area (Å²) in [5.41, 5.74) is 3.00. The van der Waals surface area contributed by atoms with Gasteiger partial charge in [-0.3, -0.25) is 4.79 Å². The van der Waals surface area contributed by atoms with Crippen molar-refractivity contribution < 1.29 is 17.6 Å². The van der Waals surface area contributed by atoms with Gasteiger partial charge in [-0.1, -0.05) is 6.07 Å². The Morgan fingerprint density at radius 2 is 1.92 bits per heavy atom. The fourth-order valence-electron chi connectivity index (χ4n) is 2.07. The number of rotatable bonds is 6. The van der Waals surface area contributed by atoms with Crippen molar-refractivity contribution in [3.05, 3.63) is 59.1 Å². The lowest BCUT2D eigenvalue weighted by atomic mass is 10.1. The lowest BCUT2D eigenvalue weighted by molar-refractivity contribution is -0.111. The van der Waals surface area contributed by atoms with Crippen LogP contribution in [0, 0.1) is 13.8 Å². The summed E-state index contributed by atoms with van der Waals surface area (Å²) in [7, 11) is -1.79. The number of amides is 1. The number of carbonyl (C=O) groups is 1. The van der Waals surface area contributed by atoms with E-state index >= 15 is 0 Å². The van der Waals surface area contributed by atoms with Gasteiger partial charge in [0, 0.05) is 18.8 Å². The first-order valence-corrected chi connectivity index (χ1v) is 9.56. The maximum absolute atomic E-state index is 12.0. The van der Waals surface area contributed by atoms with Gasteiger partial charge in [-0.05, 0) is 55.3 Å². The first-order valence-electron chi connectivity index (χ1n) is 7.71. The quantitative estimate of drug-likeness (QED) is 0.801. The van der Waals surface area contributed by atoms with Crippen LogP contribution in [-0.4, -0.2) is 31.9 Å². The molecule has 1 aromatic carbocycles. The summed E-state index contributed by atoms with van der Waals surface area (Å²) in [5.74, 6) is 0.712. The van der Waals surface area contributed by atoms with Gasteiger partial charge in [-0.25, -0.2) is 8.42 Å². The van der Waals surface area contributed by atoms with E-state index in [1.807, 2.05) is 32.0 Å². The summed E-state index contributed by atoms with van der Waals surface area (Å²) in [6, 6.07) is 9.08. The van der Waals surface area contributed by atoms with Crippen LogP contribution in [0.4, 0.5) is 5.69 Å². The van der Waals surface area contributed by atoms with Gasteiger partial charge >= 0.3 is 0 Å². The lowest BCUT2D eigenvalue weighted by Crippen LogP contribution is -2.24. The zero-order chi connectivity index (χ0) is 18.6. The first kappa shape index (κ1) is 19.0. The Morgan fingerprint density at radius 3 is 2.56 bits per heavy atom. The van der Waals surface area contributed by atoms with Crippen LogP contribution in [0.25, 0.3) is 6.08 Å². The predicted octanol–water partition coefficient (Wildman–Crippen LogP) is 2.94. The first-order chi connectivity index (χ1) is 11.6. The second-order valence-corrected chi connectivity index (χ2v) is 8.03. The summed E-state index contributed by atoms with van der Waals surface area (Å²) < 4.78 is 29.5. The molecule has 0 aliphatic heterocycles. The number of furan rings is 1. The molecule has 1 aromatic heterocycles. The van der Waals surface area contributed by atoms with Crippen molar-refractivity contribution in [1.29, 1.82) is 0 Å². The molecule has 7 heteroatoms. The van der Waals surface area contributed by atoms with Gasteiger partial charge in [-0.15, -0.1) is 0 Å². The van der Waals surface area contributed by atoms with Crippen molar-refractivity contribution in [2.75, 3.05) is 18.6 Å². The number of anilines is 1. The summed E-state index contributed by atoms with van der Waals surface area (Å²) >= 11 is 0. The maximum Gasteiger partial charge on any atom is 0.248 e. The third kappa shape index (κ3) is 5.58. The summed E-state index contributed by atoms with van der Waals surface area (Å²) in [6.07, 6.45) is 4.05. The minimum Gasteiger partial charge on any atom is -0.460 e. The van der Waals surface area contributed by atoms with Crippen molar-refractivity contribution in [3.8, 4) is 0 Å². The van der Waals surface area contributed by atoms with Crippen LogP contribution in [0.3, 0.4) is 0 Å². The summed E-state index contributed by atoms with van der Waals surface area (Å²) in [6.45, 7) is 4.14. The number of nitrogens with one attached hydrogen (secondary N) is 1. The second kappa shape index (κ2) is 7.67. The average Bonchev–Trinajstić information content (AvgIpc) is 2.95. The lowest BCUT2D eigenvalue weighted by Gasteiger charge is -2.11. The average molecular weight is 362 g/mol. The van der Waals surface area contributed by atoms with Crippen molar-refractivity contribution in [3.63, 3.8) is 0 Å². The molecule has 0 aliphatic carbocycles. The minimum absolute atomic E-state index is 0.140. The van der Waals surface area contributed by atoms with Crippen LogP contribution in [-0.2, 0) is 21.4 Å². The van der Waals surface area contributed by atoms with Crippen LogP contribution < -0.4 is 5.32 Å². The Labute approximate surface area is 148 Å². The SMILES string of the molecule is Cc1ccc(NC(=O)/C=C/c2ccc(CN(C)S(C)(=O)=O)o2)cc1C. The van der Waals surface area contributed by atoms with Crippen molar-refractivity contribution >= 4 is 27.7 Å². The van der Waals surface area contributed by atoms with Gasteiger partial charge in [-0.2, -0.15) is 4.31 Å². The van der Waals surface area contributed by atoms with E-state index in [2.05, 4.69) is 5.32 Å². The number of benzene rings is 1. The molecule has 0 saturated heterocycles. The third-order valence-electron chi connectivity index (χ3n) is 3.80. The van der Waals surface area contributed by atoms with Crippen molar-refractivity contribution in [2.45, 2.75) is 20.4 Å². The van der Waals surface area contributed by atoms with Crippen LogP contribution >= 0.6 is 0 Å². The highest BCUT2D eigenvalue weighted by atomic mass is 32.2. The highest BCUT2D eigenvalue weighted by Gasteiger charge is 2.13. The molecule has 2 rings (SSSR count). The number of aryl methyl sites for hydroxylation is 2. The molecule has 2 aromatic rings. The molecule has 0 atom stereocenters. The van der Waals surface area contributed by atoms with Gasteiger partial charge in [0.15, 0.2) is 0 Å².